The van der Waals surface area contributed by atoms with Crippen molar-refractivity contribution in [3.63, 3.8) is 0 Å². The fourth-order valence-corrected chi connectivity index (χ4v) is 3.08. The van der Waals surface area contributed by atoms with E-state index in [0.29, 0.717) is 38.5 Å². The fraction of sp³-hybridized carbons (Fsp3) is 0.600. The smallest absolute Gasteiger partial charge is 0.228 e. The van der Waals surface area contributed by atoms with Gasteiger partial charge in [0.15, 0.2) is 0 Å². The van der Waals surface area contributed by atoms with Gasteiger partial charge in [0, 0.05) is 58.1 Å². The van der Waals surface area contributed by atoms with E-state index in [1.165, 1.54) is 0 Å². The van der Waals surface area contributed by atoms with E-state index in [4.69, 9.17) is 0 Å². The maximum absolute atomic E-state index is 12.5. The average molecular weight is 303 g/mol. The Balaban J connectivity index is 1.55. The summed E-state index contributed by atoms with van der Waals surface area (Å²) >= 11 is 0. The van der Waals surface area contributed by atoms with Crippen LogP contribution in [0.15, 0.2) is 18.5 Å². The normalized spacial score (nSPS) is 22.3. The predicted molar refractivity (Wildman–Crippen MR) is 81.2 cm³/mol. The van der Waals surface area contributed by atoms with E-state index in [0.717, 1.165) is 13.1 Å². The highest BCUT2D eigenvalue weighted by Gasteiger charge is 2.36. The van der Waals surface area contributed by atoms with Gasteiger partial charge in [0.2, 0.25) is 17.8 Å². The lowest BCUT2D eigenvalue weighted by atomic mass is 10.1. The molecule has 0 radical (unpaired) electrons. The molecule has 0 aliphatic carbocycles. The van der Waals surface area contributed by atoms with Gasteiger partial charge in [-0.3, -0.25) is 9.59 Å². The van der Waals surface area contributed by atoms with Gasteiger partial charge >= 0.3 is 0 Å². The minimum atomic E-state index is -0.174. The topological polar surface area (TPSA) is 69.6 Å². The zero-order valence-corrected chi connectivity index (χ0v) is 12.8. The van der Waals surface area contributed by atoms with Crippen molar-refractivity contribution in [2.75, 3.05) is 44.2 Å². The fourth-order valence-electron chi connectivity index (χ4n) is 3.08. The van der Waals surface area contributed by atoms with E-state index >= 15 is 0 Å². The number of piperazine rings is 1. The predicted octanol–water partition coefficient (Wildman–Crippen LogP) is -0.00640. The molecule has 3 rings (SSSR count). The number of nitrogens with zero attached hydrogens (tertiary/aromatic N) is 5. The van der Waals surface area contributed by atoms with Crippen molar-refractivity contribution >= 4 is 17.8 Å². The molecule has 1 aromatic heterocycles. The van der Waals surface area contributed by atoms with E-state index in [1.807, 2.05) is 11.8 Å². The van der Waals surface area contributed by atoms with Gasteiger partial charge in [-0.25, -0.2) is 9.97 Å². The number of carbonyl (C=O) groups is 2. The van der Waals surface area contributed by atoms with Crippen molar-refractivity contribution in [1.29, 1.82) is 0 Å². The standard InChI is InChI=1S/C15H21N5O2/c1-2-18-11-12(10-13(18)21)14(22)19-6-8-20(9-7-19)15-16-4-3-5-17-15/h3-5,12H,2,6-11H2,1H3. The molecule has 7 heteroatoms. The summed E-state index contributed by atoms with van der Waals surface area (Å²) in [5.74, 6) is 0.741. The molecular weight excluding hydrogens is 282 g/mol. The third-order valence-electron chi connectivity index (χ3n) is 4.37. The molecule has 2 aliphatic heterocycles. The molecule has 1 aromatic rings. The maximum atomic E-state index is 12.5. The first-order valence-electron chi connectivity index (χ1n) is 7.77. The second-order valence-electron chi connectivity index (χ2n) is 5.69. The molecule has 0 aromatic carbocycles. The third kappa shape index (κ3) is 2.88. The van der Waals surface area contributed by atoms with Crippen LogP contribution in [-0.4, -0.2) is 70.9 Å². The van der Waals surface area contributed by atoms with Gasteiger partial charge in [-0.05, 0) is 13.0 Å². The first-order chi connectivity index (χ1) is 10.7. The number of aromatic nitrogens is 2. The first-order valence-corrected chi connectivity index (χ1v) is 7.77. The molecule has 0 N–H and O–H groups in total. The summed E-state index contributed by atoms with van der Waals surface area (Å²) in [4.78, 5) is 38.5. The van der Waals surface area contributed by atoms with E-state index in [-0.39, 0.29) is 17.7 Å². The number of rotatable bonds is 3. The van der Waals surface area contributed by atoms with Crippen molar-refractivity contribution in [2.24, 2.45) is 5.92 Å². The van der Waals surface area contributed by atoms with Gasteiger partial charge in [-0.2, -0.15) is 0 Å². The third-order valence-corrected chi connectivity index (χ3v) is 4.37. The molecule has 0 bridgehead atoms. The minimum Gasteiger partial charge on any atom is -0.342 e. The summed E-state index contributed by atoms with van der Waals surface area (Å²) in [6.45, 7) is 5.98. The quantitative estimate of drug-likeness (QED) is 0.786. The summed E-state index contributed by atoms with van der Waals surface area (Å²) in [5, 5.41) is 0. The average Bonchev–Trinajstić information content (AvgIpc) is 2.96. The lowest BCUT2D eigenvalue weighted by Crippen LogP contribution is -2.51. The molecule has 3 heterocycles. The number of hydrogen-bond donors (Lipinski definition) is 0. The Bertz CT molecular complexity index is 542. The Morgan fingerprint density at radius 2 is 1.91 bits per heavy atom. The lowest BCUT2D eigenvalue weighted by molar-refractivity contribution is -0.136. The summed E-state index contributed by atoms with van der Waals surface area (Å²) < 4.78 is 0. The molecule has 22 heavy (non-hydrogen) atoms. The van der Waals surface area contributed by atoms with Crippen LogP contribution in [0.5, 0.6) is 0 Å². The Morgan fingerprint density at radius 3 is 2.50 bits per heavy atom. The van der Waals surface area contributed by atoms with E-state index in [2.05, 4.69) is 14.9 Å². The molecule has 2 aliphatic rings. The van der Waals surface area contributed by atoms with Crippen LogP contribution in [-0.2, 0) is 9.59 Å². The highest BCUT2D eigenvalue weighted by atomic mass is 16.2. The SMILES string of the molecule is CCN1CC(C(=O)N2CCN(c3ncccn3)CC2)CC1=O. The van der Waals surface area contributed by atoms with E-state index in [9.17, 15) is 9.59 Å². The summed E-state index contributed by atoms with van der Waals surface area (Å²) in [7, 11) is 0. The van der Waals surface area contributed by atoms with Crippen LogP contribution in [0.25, 0.3) is 0 Å². The van der Waals surface area contributed by atoms with Gasteiger partial charge in [0.25, 0.3) is 0 Å². The van der Waals surface area contributed by atoms with Crippen molar-refractivity contribution < 1.29 is 9.59 Å². The number of carbonyl (C=O) groups excluding carboxylic acids is 2. The zero-order chi connectivity index (χ0) is 15.5. The summed E-state index contributed by atoms with van der Waals surface area (Å²) in [6.07, 6.45) is 3.81. The van der Waals surface area contributed by atoms with Crippen LogP contribution in [0, 0.1) is 5.92 Å². The van der Waals surface area contributed by atoms with Crippen LogP contribution in [0.2, 0.25) is 0 Å². The van der Waals surface area contributed by atoms with Crippen LogP contribution in [0.3, 0.4) is 0 Å². The van der Waals surface area contributed by atoms with Gasteiger partial charge in [-0.15, -0.1) is 0 Å². The number of anilines is 1. The molecule has 2 fully saturated rings. The van der Waals surface area contributed by atoms with Gasteiger partial charge < -0.3 is 14.7 Å². The van der Waals surface area contributed by atoms with Crippen LogP contribution in [0.4, 0.5) is 5.95 Å². The molecule has 0 spiro atoms. The second-order valence-corrected chi connectivity index (χ2v) is 5.69. The summed E-state index contributed by atoms with van der Waals surface area (Å²) in [5.41, 5.74) is 0. The Morgan fingerprint density at radius 1 is 1.23 bits per heavy atom. The Labute approximate surface area is 129 Å². The van der Waals surface area contributed by atoms with Crippen LogP contribution in [0.1, 0.15) is 13.3 Å². The zero-order valence-electron chi connectivity index (χ0n) is 12.8. The van der Waals surface area contributed by atoms with Crippen molar-refractivity contribution in [1.82, 2.24) is 19.8 Å². The Hall–Kier alpha value is -2.18. The van der Waals surface area contributed by atoms with Crippen LogP contribution >= 0.6 is 0 Å². The molecule has 2 saturated heterocycles. The van der Waals surface area contributed by atoms with Crippen LogP contribution < -0.4 is 4.90 Å². The van der Waals surface area contributed by atoms with Crippen molar-refractivity contribution in [2.45, 2.75) is 13.3 Å². The second kappa shape index (κ2) is 6.29. The van der Waals surface area contributed by atoms with Gasteiger partial charge in [-0.1, -0.05) is 0 Å². The van der Waals surface area contributed by atoms with Crippen molar-refractivity contribution in [3.05, 3.63) is 18.5 Å². The monoisotopic (exact) mass is 303 g/mol. The number of likely N-dealkylation sites (tertiary alicyclic amines) is 1. The lowest BCUT2D eigenvalue weighted by Gasteiger charge is -2.35. The first kappa shape index (κ1) is 14.7. The highest BCUT2D eigenvalue weighted by molar-refractivity contribution is 5.89. The molecular formula is C15H21N5O2. The molecule has 1 unspecified atom stereocenters. The van der Waals surface area contributed by atoms with Gasteiger partial charge in [0.1, 0.15) is 0 Å². The molecule has 7 nitrogen and oxygen atoms in total. The molecule has 1 atom stereocenters. The minimum absolute atomic E-state index is 0.0946. The van der Waals surface area contributed by atoms with Gasteiger partial charge in [0.05, 0.1) is 5.92 Å². The highest BCUT2D eigenvalue weighted by Crippen LogP contribution is 2.21. The molecule has 118 valence electrons. The summed E-state index contributed by atoms with van der Waals surface area (Å²) in [6, 6.07) is 1.79. The van der Waals surface area contributed by atoms with E-state index < -0.39 is 0 Å². The maximum Gasteiger partial charge on any atom is 0.228 e. The van der Waals surface area contributed by atoms with E-state index in [1.54, 1.807) is 23.4 Å². The number of amides is 2. The Kier molecular flexibility index (Phi) is 4.22. The molecule has 2 amide bonds. The largest absolute Gasteiger partial charge is 0.342 e. The molecule has 0 saturated carbocycles. The number of hydrogen-bond acceptors (Lipinski definition) is 5. The van der Waals surface area contributed by atoms with Crippen molar-refractivity contribution in [3.8, 4) is 0 Å².